The van der Waals surface area contributed by atoms with Crippen LogP contribution in [-0.4, -0.2) is 27.5 Å². The second-order valence-electron chi connectivity index (χ2n) is 2.53. The first kappa shape index (κ1) is 10.8. The number of nitriles is 1. The minimum absolute atomic E-state index is 0.0660. The third-order valence-corrected chi connectivity index (χ3v) is 3.35. The third kappa shape index (κ3) is 2.88. The van der Waals surface area contributed by atoms with Crippen LogP contribution in [0.15, 0.2) is 33.2 Å². The van der Waals surface area contributed by atoms with E-state index in [1.807, 2.05) is 12.1 Å². The van der Waals surface area contributed by atoms with Gasteiger partial charge in [-0.15, -0.1) is 0 Å². The Kier molecular flexibility index (Phi) is 4.18. The molecule has 0 N–H and O–H groups in total. The second-order valence-corrected chi connectivity index (χ2v) is 4.54. The maximum absolute atomic E-state index is 11.2. The fraction of sp³-hybridized carbons (Fsp3) is 0.200. The molecule has 0 unspecified atom stereocenters. The average Bonchev–Trinajstić information content (AvgIpc) is 2.66. The summed E-state index contributed by atoms with van der Waals surface area (Å²) in [7, 11) is 0. The Bertz CT molecular complexity index is 361. The summed E-state index contributed by atoms with van der Waals surface area (Å²) in [4.78, 5) is 15.4. The molecule has 0 bridgehead atoms. The van der Waals surface area contributed by atoms with E-state index >= 15 is 0 Å². The second kappa shape index (κ2) is 5.43. The number of esters is 1. The van der Waals surface area contributed by atoms with Gasteiger partial charge in [-0.1, -0.05) is 0 Å². The molecule has 74 valence electrons. The van der Waals surface area contributed by atoms with Crippen LogP contribution in [0.5, 0.6) is 0 Å². The van der Waals surface area contributed by atoms with Crippen molar-refractivity contribution >= 4 is 20.9 Å². The first-order valence-corrected chi connectivity index (χ1v) is 6.62. The summed E-state index contributed by atoms with van der Waals surface area (Å²) in [6.45, 7) is 2.01. The predicted octanol–water partition coefficient (Wildman–Crippen LogP) is 0.579. The summed E-state index contributed by atoms with van der Waals surface area (Å²) >= 11 is -0.130. The van der Waals surface area contributed by atoms with Gasteiger partial charge in [0.05, 0.1) is 0 Å². The van der Waals surface area contributed by atoms with Crippen LogP contribution in [0.3, 0.4) is 0 Å². The first-order chi connectivity index (χ1) is 6.77. The zero-order chi connectivity index (χ0) is 10.4. The molecular weight excluding hydrogens is 245 g/mol. The quantitative estimate of drug-likeness (QED) is 0.321. The molecule has 0 aromatic heterocycles. The van der Waals surface area contributed by atoms with Crippen LogP contribution in [0.4, 0.5) is 0 Å². The SMILES string of the molecule is CCOC(=O)C(C#N)=CC1=C[SeH2]C=C1. The Labute approximate surface area is 88.9 Å². The fourth-order valence-corrected chi connectivity index (χ4v) is 2.53. The van der Waals surface area contributed by atoms with Gasteiger partial charge in [0.1, 0.15) is 0 Å². The van der Waals surface area contributed by atoms with Crippen molar-refractivity contribution in [1.29, 1.82) is 5.26 Å². The van der Waals surface area contributed by atoms with E-state index in [0.29, 0.717) is 6.61 Å². The normalized spacial score (nSPS) is 17.7. The van der Waals surface area contributed by atoms with E-state index in [1.54, 1.807) is 13.0 Å². The van der Waals surface area contributed by atoms with E-state index < -0.39 is 5.97 Å². The van der Waals surface area contributed by atoms with Crippen LogP contribution < -0.4 is 0 Å². The molecule has 0 amide bonds. The topological polar surface area (TPSA) is 50.1 Å². The average molecular weight is 256 g/mol. The number of rotatable bonds is 3. The van der Waals surface area contributed by atoms with E-state index in [9.17, 15) is 4.79 Å². The molecule has 1 rings (SSSR count). The first-order valence-electron chi connectivity index (χ1n) is 4.19. The molecule has 1 heterocycles. The zero-order valence-electron chi connectivity index (χ0n) is 7.78. The van der Waals surface area contributed by atoms with Gasteiger partial charge in [-0.3, -0.25) is 0 Å². The Morgan fingerprint density at radius 2 is 2.57 bits per heavy atom. The van der Waals surface area contributed by atoms with Crippen molar-refractivity contribution in [1.82, 2.24) is 0 Å². The van der Waals surface area contributed by atoms with Gasteiger partial charge in [0, 0.05) is 0 Å². The van der Waals surface area contributed by atoms with Crippen LogP contribution in [0, 0.1) is 11.3 Å². The summed E-state index contributed by atoms with van der Waals surface area (Å²) in [6, 6.07) is 1.84. The Morgan fingerprint density at radius 3 is 3.07 bits per heavy atom. The van der Waals surface area contributed by atoms with Gasteiger partial charge in [-0.05, 0) is 0 Å². The van der Waals surface area contributed by atoms with Crippen molar-refractivity contribution in [3.05, 3.63) is 33.2 Å². The van der Waals surface area contributed by atoms with E-state index in [0.717, 1.165) is 5.57 Å². The number of nitrogens with zero attached hydrogens (tertiary/aromatic N) is 1. The Morgan fingerprint density at radius 1 is 1.79 bits per heavy atom. The van der Waals surface area contributed by atoms with Gasteiger partial charge in [0.25, 0.3) is 0 Å². The summed E-state index contributed by atoms with van der Waals surface area (Å²) in [5.74, 6) is -0.545. The molecule has 0 atom stereocenters. The molecule has 0 aliphatic carbocycles. The van der Waals surface area contributed by atoms with Gasteiger partial charge >= 0.3 is 88.6 Å². The Balaban J connectivity index is 2.76. The van der Waals surface area contributed by atoms with Crippen molar-refractivity contribution in [2.45, 2.75) is 6.92 Å². The van der Waals surface area contributed by atoms with E-state index in [2.05, 4.69) is 9.95 Å². The molecule has 14 heavy (non-hydrogen) atoms. The molecule has 0 spiro atoms. The van der Waals surface area contributed by atoms with Crippen molar-refractivity contribution in [2.75, 3.05) is 6.61 Å². The number of carbonyl (C=O) groups excluding carboxylic acids is 1. The van der Waals surface area contributed by atoms with Crippen LogP contribution in [-0.2, 0) is 9.53 Å². The molecule has 0 saturated heterocycles. The van der Waals surface area contributed by atoms with Gasteiger partial charge < -0.3 is 0 Å². The number of allylic oxidation sites excluding steroid dienone is 3. The summed E-state index contributed by atoms with van der Waals surface area (Å²) in [6.07, 6.45) is 3.50. The van der Waals surface area contributed by atoms with Crippen LogP contribution in [0.25, 0.3) is 0 Å². The molecule has 1 aliphatic heterocycles. The molecule has 0 aromatic carbocycles. The number of carbonyl (C=O) groups is 1. The monoisotopic (exact) mass is 257 g/mol. The van der Waals surface area contributed by atoms with Crippen molar-refractivity contribution in [3.8, 4) is 6.07 Å². The summed E-state index contributed by atoms with van der Waals surface area (Å²) in [5.41, 5.74) is 1.01. The van der Waals surface area contributed by atoms with Crippen molar-refractivity contribution in [3.63, 3.8) is 0 Å². The van der Waals surface area contributed by atoms with Gasteiger partial charge in [0.2, 0.25) is 0 Å². The summed E-state index contributed by atoms with van der Waals surface area (Å²) < 4.78 is 4.73. The van der Waals surface area contributed by atoms with Crippen molar-refractivity contribution in [2.24, 2.45) is 0 Å². The predicted molar refractivity (Wildman–Crippen MR) is 56.1 cm³/mol. The number of ether oxygens (including phenoxy) is 1. The van der Waals surface area contributed by atoms with Crippen LogP contribution in [0.2, 0.25) is 0 Å². The molecule has 4 heteroatoms. The van der Waals surface area contributed by atoms with Gasteiger partial charge in [0.15, 0.2) is 0 Å². The third-order valence-electron chi connectivity index (χ3n) is 1.55. The van der Waals surface area contributed by atoms with Gasteiger partial charge in [-0.25, -0.2) is 0 Å². The molecular formula is C10H11NO2Se. The van der Waals surface area contributed by atoms with Gasteiger partial charge in [-0.2, -0.15) is 0 Å². The summed E-state index contributed by atoms with van der Waals surface area (Å²) in [5, 5.41) is 8.72. The molecule has 0 saturated carbocycles. The molecule has 3 nitrogen and oxygen atoms in total. The number of hydrogen-bond donors (Lipinski definition) is 0. The molecule has 0 radical (unpaired) electrons. The van der Waals surface area contributed by atoms with Crippen LogP contribution >= 0.6 is 0 Å². The Hall–Kier alpha value is -1.30. The van der Waals surface area contributed by atoms with E-state index in [-0.39, 0.29) is 20.5 Å². The standard InChI is InChI=1S/C10H11NO2Se/c1-2-13-10(12)9(6-11)5-8-3-4-14-7-8/h3-5,7H,2,14H2,1H3. The number of hydrogen-bond acceptors (Lipinski definition) is 3. The van der Waals surface area contributed by atoms with Crippen molar-refractivity contribution < 1.29 is 9.53 Å². The fourth-order valence-electron chi connectivity index (χ4n) is 0.939. The molecule has 0 aromatic rings. The van der Waals surface area contributed by atoms with E-state index in [1.165, 1.54) is 0 Å². The maximum atomic E-state index is 11.2. The van der Waals surface area contributed by atoms with Crippen LogP contribution in [0.1, 0.15) is 6.92 Å². The molecule has 1 aliphatic rings. The van der Waals surface area contributed by atoms with E-state index in [4.69, 9.17) is 10.00 Å². The zero-order valence-corrected chi connectivity index (χ0v) is 9.88. The minimum atomic E-state index is -0.545. The molecule has 0 fully saturated rings.